The summed E-state index contributed by atoms with van der Waals surface area (Å²) in [5.41, 5.74) is -0.224. The van der Waals surface area contributed by atoms with Gasteiger partial charge in [0.1, 0.15) is 0 Å². The number of benzene rings is 1. The van der Waals surface area contributed by atoms with E-state index in [1.165, 1.54) is 12.1 Å². The predicted octanol–water partition coefficient (Wildman–Crippen LogP) is 1.02. The number of rotatable bonds is 4. The molecule has 1 heterocycles. The molecule has 0 saturated carbocycles. The molecule has 1 aromatic carbocycles. The Bertz CT molecular complexity index is 632. The molecule has 0 radical (unpaired) electrons. The molecule has 6 nitrogen and oxygen atoms in total. The molecule has 1 aliphatic heterocycles. The number of nitrogens with one attached hydrogen (secondary N) is 1. The lowest BCUT2D eigenvalue weighted by molar-refractivity contribution is 0.0697. The first kappa shape index (κ1) is 15.2. The number of hydrogen-bond acceptors (Lipinski definition) is 4. The van der Waals surface area contributed by atoms with Crippen LogP contribution in [-0.4, -0.2) is 50.6 Å². The largest absolute Gasteiger partial charge is 0.478 e. The molecule has 1 saturated heterocycles. The molecule has 20 heavy (non-hydrogen) atoms. The van der Waals surface area contributed by atoms with E-state index in [2.05, 4.69) is 4.72 Å². The molecule has 1 atom stereocenters. The fourth-order valence-corrected chi connectivity index (χ4v) is 3.64. The van der Waals surface area contributed by atoms with Crippen LogP contribution in [0.15, 0.2) is 23.1 Å². The smallest absolute Gasteiger partial charge is 0.337 e. The van der Waals surface area contributed by atoms with Gasteiger partial charge in [-0.15, -0.1) is 0 Å². The fraction of sp³-hybridized carbons (Fsp3) is 0.417. The minimum absolute atomic E-state index is 0.0112. The number of carboxylic acid groups (broad SMARTS) is 1. The monoisotopic (exact) mass is 318 g/mol. The zero-order valence-corrected chi connectivity index (χ0v) is 12.4. The summed E-state index contributed by atoms with van der Waals surface area (Å²) in [7, 11) is -1.82. The number of likely N-dealkylation sites (N-methyl/N-ethyl adjacent to an activating group) is 1. The second kappa shape index (κ2) is 5.69. The number of hydrogen-bond donors (Lipinski definition) is 2. The van der Waals surface area contributed by atoms with Crippen molar-refractivity contribution in [3.05, 3.63) is 28.8 Å². The van der Waals surface area contributed by atoms with Gasteiger partial charge in [-0.3, -0.25) is 0 Å². The van der Waals surface area contributed by atoms with Gasteiger partial charge in [-0.1, -0.05) is 11.6 Å². The summed E-state index contributed by atoms with van der Waals surface area (Å²) < 4.78 is 27.0. The highest BCUT2D eigenvalue weighted by atomic mass is 35.5. The van der Waals surface area contributed by atoms with Crippen molar-refractivity contribution in [2.75, 3.05) is 20.1 Å². The van der Waals surface area contributed by atoms with E-state index in [9.17, 15) is 13.2 Å². The summed E-state index contributed by atoms with van der Waals surface area (Å²) in [6.45, 7) is 1.47. The van der Waals surface area contributed by atoms with E-state index in [0.29, 0.717) is 6.54 Å². The number of nitrogens with zero attached hydrogens (tertiary/aromatic N) is 1. The standard InChI is InChI=1S/C12H15ClN2O4S/c1-15-5-4-8(7-15)14-20(18,19)9-2-3-11(13)10(6-9)12(16)17/h2-3,6,8,14H,4-5,7H2,1H3,(H,16,17). The van der Waals surface area contributed by atoms with Crippen molar-refractivity contribution in [3.63, 3.8) is 0 Å². The Hall–Kier alpha value is -1.15. The van der Waals surface area contributed by atoms with Gasteiger partial charge in [0.15, 0.2) is 0 Å². The lowest BCUT2D eigenvalue weighted by Gasteiger charge is -2.13. The van der Waals surface area contributed by atoms with Crippen LogP contribution in [0.25, 0.3) is 0 Å². The molecule has 0 amide bonds. The van der Waals surface area contributed by atoms with Crippen molar-refractivity contribution >= 4 is 27.6 Å². The summed E-state index contributed by atoms with van der Waals surface area (Å²) in [6, 6.07) is 3.50. The van der Waals surface area contributed by atoms with E-state index in [-0.39, 0.29) is 21.5 Å². The highest BCUT2D eigenvalue weighted by Crippen LogP contribution is 2.21. The van der Waals surface area contributed by atoms with Gasteiger partial charge >= 0.3 is 5.97 Å². The summed E-state index contributed by atoms with van der Waals surface area (Å²) in [5, 5.41) is 8.98. The maximum absolute atomic E-state index is 12.2. The van der Waals surface area contributed by atoms with Gasteiger partial charge in [-0.05, 0) is 38.2 Å². The average molecular weight is 319 g/mol. The fourth-order valence-electron chi connectivity index (χ4n) is 2.15. The number of halogens is 1. The molecule has 0 spiro atoms. The van der Waals surface area contributed by atoms with Crippen LogP contribution in [0.1, 0.15) is 16.8 Å². The molecule has 0 bridgehead atoms. The van der Waals surface area contributed by atoms with E-state index in [1.54, 1.807) is 0 Å². The van der Waals surface area contributed by atoms with Crippen LogP contribution in [0.3, 0.4) is 0 Å². The third-order valence-electron chi connectivity index (χ3n) is 3.19. The average Bonchev–Trinajstić information content (AvgIpc) is 2.73. The van der Waals surface area contributed by atoms with Crippen LogP contribution < -0.4 is 4.72 Å². The molecule has 1 aromatic rings. The van der Waals surface area contributed by atoms with Crippen LogP contribution in [0.2, 0.25) is 5.02 Å². The predicted molar refractivity (Wildman–Crippen MR) is 74.6 cm³/mol. The maximum atomic E-state index is 12.2. The molecule has 1 unspecified atom stereocenters. The Morgan fingerprint density at radius 3 is 2.75 bits per heavy atom. The maximum Gasteiger partial charge on any atom is 0.337 e. The highest BCUT2D eigenvalue weighted by Gasteiger charge is 2.26. The van der Waals surface area contributed by atoms with Gasteiger partial charge in [0.25, 0.3) is 0 Å². The zero-order chi connectivity index (χ0) is 14.9. The Kier molecular flexibility index (Phi) is 4.33. The molecular formula is C12H15ClN2O4S. The number of sulfonamides is 1. The normalized spacial score (nSPS) is 20.2. The summed E-state index contributed by atoms with van der Waals surface area (Å²) in [4.78, 5) is 12.9. The lowest BCUT2D eigenvalue weighted by atomic mass is 10.2. The van der Waals surface area contributed by atoms with Crippen molar-refractivity contribution in [1.29, 1.82) is 0 Å². The minimum Gasteiger partial charge on any atom is -0.478 e. The molecule has 2 N–H and O–H groups in total. The van der Waals surface area contributed by atoms with Gasteiger partial charge in [-0.25, -0.2) is 17.9 Å². The number of aromatic carboxylic acids is 1. The second-order valence-corrected chi connectivity index (χ2v) is 6.94. The Morgan fingerprint density at radius 1 is 1.50 bits per heavy atom. The molecule has 8 heteroatoms. The van der Waals surface area contributed by atoms with Crippen molar-refractivity contribution in [2.24, 2.45) is 0 Å². The molecule has 1 aliphatic rings. The highest BCUT2D eigenvalue weighted by molar-refractivity contribution is 7.89. The van der Waals surface area contributed by atoms with E-state index >= 15 is 0 Å². The Balaban J connectivity index is 2.25. The van der Waals surface area contributed by atoms with Gasteiger partial charge in [0.05, 0.1) is 15.5 Å². The van der Waals surface area contributed by atoms with Crippen molar-refractivity contribution in [2.45, 2.75) is 17.4 Å². The third-order valence-corrected chi connectivity index (χ3v) is 5.04. The van der Waals surface area contributed by atoms with Gasteiger partial charge in [0.2, 0.25) is 10.0 Å². The minimum atomic E-state index is -3.74. The van der Waals surface area contributed by atoms with Crippen molar-refractivity contribution in [1.82, 2.24) is 9.62 Å². The van der Waals surface area contributed by atoms with Crippen molar-refractivity contribution < 1.29 is 18.3 Å². The molecule has 2 rings (SSSR count). The Labute approximate surface area is 122 Å². The van der Waals surface area contributed by atoms with E-state index in [0.717, 1.165) is 19.0 Å². The molecule has 0 aliphatic carbocycles. The van der Waals surface area contributed by atoms with Gasteiger partial charge in [0, 0.05) is 12.6 Å². The number of carbonyl (C=O) groups is 1. The first-order valence-corrected chi connectivity index (χ1v) is 7.89. The molecular weight excluding hydrogens is 304 g/mol. The number of carboxylic acids is 1. The summed E-state index contributed by atoms with van der Waals surface area (Å²) in [5.74, 6) is -1.26. The zero-order valence-electron chi connectivity index (χ0n) is 10.8. The van der Waals surface area contributed by atoms with Crippen LogP contribution in [0, 0.1) is 0 Å². The van der Waals surface area contributed by atoms with E-state index in [1.807, 2.05) is 11.9 Å². The quantitative estimate of drug-likeness (QED) is 0.865. The first-order chi connectivity index (χ1) is 9.29. The summed E-state index contributed by atoms with van der Waals surface area (Å²) in [6.07, 6.45) is 0.731. The topological polar surface area (TPSA) is 86.7 Å². The van der Waals surface area contributed by atoms with Crippen LogP contribution in [-0.2, 0) is 10.0 Å². The van der Waals surface area contributed by atoms with E-state index < -0.39 is 16.0 Å². The first-order valence-electron chi connectivity index (χ1n) is 6.03. The number of likely N-dealkylation sites (tertiary alicyclic amines) is 1. The second-order valence-electron chi connectivity index (χ2n) is 4.82. The molecule has 110 valence electrons. The van der Waals surface area contributed by atoms with Gasteiger partial charge in [-0.2, -0.15) is 0 Å². The lowest BCUT2D eigenvalue weighted by Crippen LogP contribution is -2.36. The third kappa shape index (κ3) is 3.29. The van der Waals surface area contributed by atoms with Gasteiger partial charge < -0.3 is 10.0 Å². The van der Waals surface area contributed by atoms with E-state index in [4.69, 9.17) is 16.7 Å². The summed E-state index contributed by atoms with van der Waals surface area (Å²) >= 11 is 5.73. The SMILES string of the molecule is CN1CCC(NS(=O)(=O)c2ccc(Cl)c(C(=O)O)c2)C1. The van der Waals surface area contributed by atoms with Crippen LogP contribution in [0.4, 0.5) is 0 Å². The van der Waals surface area contributed by atoms with Crippen LogP contribution >= 0.6 is 11.6 Å². The molecule has 1 fully saturated rings. The van der Waals surface area contributed by atoms with Crippen molar-refractivity contribution in [3.8, 4) is 0 Å². The van der Waals surface area contributed by atoms with Crippen LogP contribution in [0.5, 0.6) is 0 Å². The Morgan fingerprint density at radius 2 is 2.20 bits per heavy atom. The molecule has 0 aromatic heterocycles.